The van der Waals surface area contributed by atoms with Crippen molar-refractivity contribution in [3.63, 3.8) is 0 Å². The Hall–Kier alpha value is -2.38. The first kappa shape index (κ1) is 24.9. The zero-order valence-corrected chi connectivity index (χ0v) is 22.6. The number of urea groups is 1. The standard InChI is InChI=1S/C30H44N6O/c1-2-32-16-11-26(12-17-32)24-6-8-25(9-7-24)27-22-29-28(10-13-31-36(29)23-27)33-18-20-35(21-19-33)30(37)34-14-4-3-5-15-34/h6-8,13,22-23,25-26,28H,2-5,9-12,14-21H2,1H3. The lowest BCUT2D eigenvalue weighted by Crippen LogP contribution is -2.54. The molecule has 0 aromatic carbocycles. The molecule has 2 amide bonds. The lowest BCUT2D eigenvalue weighted by molar-refractivity contribution is 0.0861. The molecule has 2 atom stereocenters. The summed E-state index contributed by atoms with van der Waals surface area (Å²) >= 11 is 0. The Labute approximate surface area is 222 Å². The van der Waals surface area contributed by atoms with E-state index in [1.165, 1.54) is 50.2 Å². The first-order valence-electron chi connectivity index (χ1n) is 14.8. The van der Waals surface area contributed by atoms with Crippen molar-refractivity contribution in [2.45, 2.75) is 63.8 Å². The van der Waals surface area contributed by atoms with E-state index in [0.717, 1.165) is 70.9 Å². The van der Waals surface area contributed by atoms with E-state index in [2.05, 4.69) is 67.9 Å². The second-order valence-electron chi connectivity index (χ2n) is 11.6. The number of hydrogen-bond acceptors (Lipinski definition) is 4. The zero-order valence-electron chi connectivity index (χ0n) is 22.6. The maximum Gasteiger partial charge on any atom is 0.320 e. The molecule has 3 fully saturated rings. The number of nitrogens with zero attached hydrogens (tertiary/aromatic N) is 6. The molecule has 6 rings (SSSR count). The molecular weight excluding hydrogens is 460 g/mol. The summed E-state index contributed by atoms with van der Waals surface area (Å²) in [5.41, 5.74) is 4.25. The largest absolute Gasteiger partial charge is 0.325 e. The second kappa shape index (κ2) is 11.2. The van der Waals surface area contributed by atoms with Crippen LogP contribution in [0.25, 0.3) is 0 Å². The van der Waals surface area contributed by atoms with Crippen LogP contribution in [0.1, 0.15) is 75.1 Å². The van der Waals surface area contributed by atoms with Crippen molar-refractivity contribution >= 4 is 12.2 Å². The highest BCUT2D eigenvalue weighted by Gasteiger charge is 2.32. The number of rotatable bonds is 4. The van der Waals surface area contributed by atoms with Crippen LogP contribution in [0.3, 0.4) is 0 Å². The van der Waals surface area contributed by atoms with E-state index in [4.69, 9.17) is 5.10 Å². The third kappa shape index (κ3) is 5.30. The fourth-order valence-electron chi connectivity index (χ4n) is 7.01. The van der Waals surface area contributed by atoms with E-state index in [0.29, 0.717) is 12.0 Å². The number of carbonyl (C=O) groups is 1. The normalized spacial score (nSPS) is 27.9. The number of hydrogen-bond donors (Lipinski definition) is 0. The SMILES string of the molecule is CCN1CCC(C2=CCC(c3cc4n(c3)N=CCC4N3CCN(C(=O)N4CCCCC4)CC3)C=C2)CC1. The molecule has 0 N–H and O–H groups in total. The van der Waals surface area contributed by atoms with Gasteiger partial charge in [-0.15, -0.1) is 0 Å². The molecule has 3 saturated heterocycles. The molecule has 1 aromatic heterocycles. The van der Waals surface area contributed by atoms with Gasteiger partial charge in [-0.2, -0.15) is 5.10 Å². The molecule has 1 aliphatic carbocycles. The van der Waals surface area contributed by atoms with Gasteiger partial charge in [-0.25, -0.2) is 9.47 Å². The van der Waals surface area contributed by atoms with Crippen LogP contribution < -0.4 is 0 Å². The van der Waals surface area contributed by atoms with E-state index < -0.39 is 0 Å². The van der Waals surface area contributed by atoms with Crippen molar-refractivity contribution in [1.82, 2.24) is 24.3 Å². The Morgan fingerprint density at radius 3 is 2.41 bits per heavy atom. The van der Waals surface area contributed by atoms with Gasteiger partial charge < -0.3 is 14.7 Å². The van der Waals surface area contributed by atoms with Crippen LogP contribution in [0.15, 0.2) is 41.2 Å². The van der Waals surface area contributed by atoms with Crippen LogP contribution >= 0.6 is 0 Å². The second-order valence-corrected chi connectivity index (χ2v) is 11.6. The number of allylic oxidation sites excluding steroid dienone is 4. The van der Waals surface area contributed by atoms with Crippen molar-refractivity contribution in [2.24, 2.45) is 11.0 Å². The summed E-state index contributed by atoms with van der Waals surface area (Å²) in [5, 5.41) is 4.71. The van der Waals surface area contributed by atoms with Crippen LogP contribution in [-0.4, -0.2) is 95.4 Å². The molecule has 5 aliphatic rings. The Bertz CT molecular complexity index is 1030. The monoisotopic (exact) mass is 504 g/mol. The van der Waals surface area contributed by atoms with Gasteiger partial charge in [0.2, 0.25) is 0 Å². The molecule has 0 radical (unpaired) electrons. The molecule has 7 heteroatoms. The number of likely N-dealkylation sites (tertiary alicyclic amines) is 2. The fourth-order valence-corrected chi connectivity index (χ4v) is 7.01. The maximum atomic E-state index is 13.0. The highest BCUT2D eigenvalue weighted by atomic mass is 16.2. The van der Waals surface area contributed by atoms with E-state index in [9.17, 15) is 4.79 Å². The van der Waals surface area contributed by atoms with E-state index in [1.54, 1.807) is 5.57 Å². The van der Waals surface area contributed by atoms with Crippen LogP contribution in [0.5, 0.6) is 0 Å². The summed E-state index contributed by atoms with van der Waals surface area (Å²) in [7, 11) is 0. The summed E-state index contributed by atoms with van der Waals surface area (Å²) in [6.07, 6.45) is 19.9. The maximum absolute atomic E-state index is 13.0. The van der Waals surface area contributed by atoms with Gasteiger partial charge in [-0.05, 0) is 81.3 Å². The van der Waals surface area contributed by atoms with Gasteiger partial charge in [-0.3, -0.25) is 4.90 Å². The smallest absolute Gasteiger partial charge is 0.320 e. The predicted molar refractivity (Wildman–Crippen MR) is 149 cm³/mol. The van der Waals surface area contributed by atoms with Gasteiger partial charge in [0.15, 0.2) is 0 Å². The van der Waals surface area contributed by atoms with E-state index in [1.807, 2.05) is 0 Å². The van der Waals surface area contributed by atoms with Gasteiger partial charge >= 0.3 is 6.03 Å². The van der Waals surface area contributed by atoms with Crippen molar-refractivity contribution < 1.29 is 4.79 Å². The Balaban J connectivity index is 1.06. The van der Waals surface area contributed by atoms with Crippen LogP contribution in [0.2, 0.25) is 0 Å². The minimum Gasteiger partial charge on any atom is -0.325 e. The highest BCUT2D eigenvalue weighted by Crippen LogP contribution is 2.36. The van der Waals surface area contributed by atoms with Gasteiger partial charge in [0, 0.05) is 64.0 Å². The number of fused-ring (bicyclic) bond motifs is 1. The third-order valence-electron chi connectivity index (χ3n) is 9.44. The lowest BCUT2D eigenvalue weighted by atomic mass is 9.83. The van der Waals surface area contributed by atoms with Crippen LogP contribution in [-0.2, 0) is 0 Å². The van der Waals surface area contributed by atoms with Crippen molar-refractivity contribution in [3.05, 3.63) is 47.3 Å². The molecular formula is C30H44N6O. The van der Waals surface area contributed by atoms with Crippen LogP contribution in [0, 0.1) is 5.92 Å². The number of amides is 2. The first-order chi connectivity index (χ1) is 18.2. The average molecular weight is 505 g/mol. The summed E-state index contributed by atoms with van der Waals surface area (Å²) in [5.74, 6) is 1.17. The Kier molecular flexibility index (Phi) is 7.52. The van der Waals surface area contributed by atoms with Crippen molar-refractivity contribution in [3.8, 4) is 0 Å². The first-order valence-corrected chi connectivity index (χ1v) is 14.8. The minimum absolute atomic E-state index is 0.252. The lowest BCUT2D eigenvalue weighted by Gasteiger charge is -2.41. The van der Waals surface area contributed by atoms with E-state index >= 15 is 0 Å². The summed E-state index contributed by atoms with van der Waals surface area (Å²) in [6, 6.07) is 3.00. The number of piperidine rings is 2. The van der Waals surface area contributed by atoms with Crippen molar-refractivity contribution in [1.29, 1.82) is 0 Å². The molecule has 0 saturated carbocycles. The summed E-state index contributed by atoms with van der Waals surface area (Å²) in [4.78, 5) is 22.2. The molecule has 37 heavy (non-hydrogen) atoms. The van der Waals surface area contributed by atoms with Crippen LogP contribution in [0.4, 0.5) is 4.79 Å². The average Bonchev–Trinajstić information content (AvgIpc) is 3.42. The fraction of sp³-hybridized carbons (Fsp3) is 0.667. The van der Waals surface area contributed by atoms with E-state index in [-0.39, 0.29) is 6.03 Å². The van der Waals surface area contributed by atoms with Gasteiger partial charge in [-0.1, -0.05) is 25.2 Å². The minimum atomic E-state index is 0.252. The summed E-state index contributed by atoms with van der Waals surface area (Å²) < 4.78 is 2.11. The van der Waals surface area contributed by atoms with Crippen molar-refractivity contribution in [2.75, 3.05) is 58.9 Å². The molecule has 0 spiro atoms. The molecule has 7 nitrogen and oxygen atoms in total. The van der Waals surface area contributed by atoms with Gasteiger partial charge in [0.25, 0.3) is 0 Å². The van der Waals surface area contributed by atoms with Gasteiger partial charge in [0.1, 0.15) is 0 Å². The third-order valence-corrected chi connectivity index (χ3v) is 9.44. The molecule has 2 unspecified atom stereocenters. The predicted octanol–water partition coefficient (Wildman–Crippen LogP) is 4.69. The molecule has 1 aromatic rings. The molecule has 5 heterocycles. The summed E-state index contributed by atoms with van der Waals surface area (Å²) in [6.45, 7) is 11.3. The molecule has 4 aliphatic heterocycles. The topological polar surface area (TPSA) is 47.3 Å². The highest BCUT2D eigenvalue weighted by molar-refractivity contribution is 5.74. The number of aromatic nitrogens is 1. The molecule has 0 bridgehead atoms. The van der Waals surface area contributed by atoms with Gasteiger partial charge in [0.05, 0.1) is 11.7 Å². The Morgan fingerprint density at radius 1 is 0.946 bits per heavy atom. The Morgan fingerprint density at radius 2 is 1.70 bits per heavy atom. The molecule has 200 valence electrons. The number of piperazine rings is 1. The number of carbonyl (C=O) groups excluding carboxylic acids is 1. The zero-order chi connectivity index (χ0) is 25.2. The quantitative estimate of drug-likeness (QED) is 0.598.